The second-order valence-corrected chi connectivity index (χ2v) is 5.01. The zero-order valence-electron chi connectivity index (χ0n) is 13.1. The number of hydrogen-bond donors (Lipinski definition) is 3. The first-order valence-electron chi connectivity index (χ1n) is 7.26. The first kappa shape index (κ1) is 17.0. The third-order valence-electron chi connectivity index (χ3n) is 3.04. The summed E-state index contributed by atoms with van der Waals surface area (Å²) in [4.78, 5) is 34.9. The number of hydrogen-bond acceptors (Lipinski definition) is 3. The SMILES string of the molecule is Cc1ccc(NC(=O)C(=O)NNC(=O)C=Cc2ccccc2)cc1. The van der Waals surface area contributed by atoms with Crippen molar-refractivity contribution in [1.29, 1.82) is 0 Å². The van der Waals surface area contributed by atoms with E-state index in [0.29, 0.717) is 5.69 Å². The Balaban J connectivity index is 1.79. The van der Waals surface area contributed by atoms with Gasteiger partial charge in [0.1, 0.15) is 0 Å². The Labute approximate surface area is 139 Å². The van der Waals surface area contributed by atoms with Gasteiger partial charge in [0.15, 0.2) is 0 Å². The van der Waals surface area contributed by atoms with E-state index in [2.05, 4.69) is 10.7 Å². The Hall–Kier alpha value is -3.41. The molecule has 0 heterocycles. The highest BCUT2D eigenvalue weighted by Gasteiger charge is 2.13. The van der Waals surface area contributed by atoms with Crippen LogP contribution in [0, 0.1) is 6.92 Å². The predicted octanol–water partition coefficient (Wildman–Crippen LogP) is 1.79. The molecule has 0 radical (unpaired) electrons. The van der Waals surface area contributed by atoms with E-state index in [-0.39, 0.29) is 0 Å². The average molecular weight is 323 g/mol. The molecular weight excluding hydrogens is 306 g/mol. The summed E-state index contributed by atoms with van der Waals surface area (Å²) in [5.74, 6) is -2.38. The number of amides is 3. The second kappa shape index (κ2) is 8.28. The van der Waals surface area contributed by atoms with E-state index in [1.807, 2.05) is 54.8 Å². The maximum Gasteiger partial charge on any atom is 0.328 e. The smallest absolute Gasteiger partial charge is 0.318 e. The van der Waals surface area contributed by atoms with Gasteiger partial charge in [0.2, 0.25) is 0 Å². The van der Waals surface area contributed by atoms with Crippen LogP contribution in [0.3, 0.4) is 0 Å². The Morgan fingerprint density at radius 1 is 0.833 bits per heavy atom. The Morgan fingerprint density at radius 2 is 1.50 bits per heavy atom. The fourth-order valence-electron chi connectivity index (χ4n) is 1.78. The summed E-state index contributed by atoms with van der Waals surface area (Å²) in [6, 6.07) is 16.2. The summed E-state index contributed by atoms with van der Waals surface area (Å²) in [6.07, 6.45) is 2.85. The van der Waals surface area contributed by atoms with Crippen LogP contribution in [0.1, 0.15) is 11.1 Å². The molecule has 0 bridgehead atoms. The lowest BCUT2D eigenvalue weighted by Crippen LogP contribution is -2.46. The van der Waals surface area contributed by atoms with E-state index < -0.39 is 17.7 Å². The topological polar surface area (TPSA) is 87.3 Å². The normalized spacial score (nSPS) is 10.2. The minimum Gasteiger partial charge on any atom is -0.318 e. The van der Waals surface area contributed by atoms with Gasteiger partial charge >= 0.3 is 11.8 Å². The highest BCUT2D eigenvalue weighted by Crippen LogP contribution is 2.08. The third-order valence-corrected chi connectivity index (χ3v) is 3.04. The van der Waals surface area contributed by atoms with Gasteiger partial charge in [-0.2, -0.15) is 0 Å². The number of carbonyl (C=O) groups excluding carboxylic acids is 3. The molecule has 0 aliphatic rings. The molecule has 0 aliphatic carbocycles. The molecule has 0 saturated carbocycles. The molecule has 0 fully saturated rings. The molecule has 0 saturated heterocycles. The van der Waals surface area contributed by atoms with Crippen LogP contribution in [-0.4, -0.2) is 17.7 Å². The summed E-state index contributed by atoms with van der Waals surface area (Å²) in [5, 5.41) is 2.43. The molecule has 2 aromatic rings. The van der Waals surface area contributed by atoms with Crippen LogP contribution in [0.2, 0.25) is 0 Å². The fourth-order valence-corrected chi connectivity index (χ4v) is 1.78. The largest absolute Gasteiger partial charge is 0.328 e. The van der Waals surface area contributed by atoms with Crippen molar-refractivity contribution in [1.82, 2.24) is 10.9 Å². The Morgan fingerprint density at radius 3 is 2.17 bits per heavy atom. The predicted molar refractivity (Wildman–Crippen MR) is 91.6 cm³/mol. The van der Waals surface area contributed by atoms with Gasteiger partial charge in [0.25, 0.3) is 5.91 Å². The van der Waals surface area contributed by atoms with E-state index in [4.69, 9.17) is 0 Å². The van der Waals surface area contributed by atoms with Gasteiger partial charge in [-0.1, -0.05) is 48.0 Å². The molecule has 3 N–H and O–H groups in total. The number of hydrazine groups is 1. The van der Waals surface area contributed by atoms with Gasteiger partial charge in [-0.3, -0.25) is 25.2 Å². The van der Waals surface area contributed by atoms with E-state index in [1.54, 1.807) is 18.2 Å². The molecular formula is C18H17N3O3. The first-order valence-corrected chi connectivity index (χ1v) is 7.26. The summed E-state index contributed by atoms with van der Waals surface area (Å²) >= 11 is 0. The lowest BCUT2D eigenvalue weighted by Gasteiger charge is -2.06. The maximum absolute atomic E-state index is 11.7. The number of aryl methyl sites for hydroxylation is 1. The highest BCUT2D eigenvalue weighted by molar-refractivity contribution is 6.39. The van der Waals surface area contributed by atoms with Crippen LogP contribution in [0.25, 0.3) is 6.08 Å². The van der Waals surface area contributed by atoms with Crippen molar-refractivity contribution in [3.05, 3.63) is 71.8 Å². The van der Waals surface area contributed by atoms with Gasteiger partial charge in [-0.05, 0) is 30.7 Å². The van der Waals surface area contributed by atoms with Crippen LogP contribution >= 0.6 is 0 Å². The minimum absolute atomic E-state index is 0.496. The van der Waals surface area contributed by atoms with Gasteiger partial charge in [0, 0.05) is 11.8 Å². The van der Waals surface area contributed by atoms with E-state index in [9.17, 15) is 14.4 Å². The fraction of sp³-hybridized carbons (Fsp3) is 0.0556. The second-order valence-electron chi connectivity index (χ2n) is 5.01. The van der Waals surface area contributed by atoms with Crippen LogP contribution in [0.4, 0.5) is 5.69 Å². The van der Waals surface area contributed by atoms with Gasteiger partial charge < -0.3 is 5.32 Å². The van der Waals surface area contributed by atoms with Crippen molar-refractivity contribution in [3.63, 3.8) is 0 Å². The quantitative estimate of drug-likeness (QED) is 0.457. The number of benzene rings is 2. The van der Waals surface area contributed by atoms with Crippen molar-refractivity contribution < 1.29 is 14.4 Å². The van der Waals surface area contributed by atoms with Gasteiger partial charge in [-0.25, -0.2) is 0 Å². The summed E-state index contributed by atoms with van der Waals surface area (Å²) < 4.78 is 0. The lowest BCUT2D eigenvalue weighted by atomic mass is 10.2. The summed E-state index contributed by atoms with van der Waals surface area (Å²) in [6.45, 7) is 1.91. The van der Waals surface area contributed by atoms with Crippen LogP contribution < -0.4 is 16.2 Å². The standard InChI is InChI=1S/C18H17N3O3/c1-13-7-10-15(11-8-13)19-17(23)18(24)21-20-16(22)12-9-14-5-3-2-4-6-14/h2-12H,1H3,(H,19,23)(H,20,22)(H,21,24). The zero-order chi connectivity index (χ0) is 17.4. The molecule has 0 atom stereocenters. The van der Waals surface area contributed by atoms with Crippen molar-refractivity contribution >= 4 is 29.5 Å². The van der Waals surface area contributed by atoms with Crippen molar-refractivity contribution in [3.8, 4) is 0 Å². The van der Waals surface area contributed by atoms with E-state index >= 15 is 0 Å². The maximum atomic E-state index is 11.7. The van der Waals surface area contributed by atoms with Crippen molar-refractivity contribution in [2.24, 2.45) is 0 Å². The van der Waals surface area contributed by atoms with Crippen molar-refractivity contribution in [2.45, 2.75) is 6.92 Å². The van der Waals surface area contributed by atoms with Crippen molar-refractivity contribution in [2.75, 3.05) is 5.32 Å². The van der Waals surface area contributed by atoms with Gasteiger partial charge in [-0.15, -0.1) is 0 Å². The molecule has 6 heteroatoms. The van der Waals surface area contributed by atoms with Crippen LogP contribution in [0.15, 0.2) is 60.7 Å². The lowest BCUT2D eigenvalue weighted by molar-refractivity contribution is -0.137. The van der Waals surface area contributed by atoms with Gasteiger partial charge in [0.05, 0.1) is 0 Å². The highest BCUT2D eigenvalue weighted by atomic mass is 16.2. The monoisotopic (exact) mass is 323 g/mol. The minimum atomic E-state index is -0.961. The van der Waals surface area contributed by atoms with E-state index in [0.717, 1.165) is 11.1 Å². The number of rotatable bonds is 3. The molecule has 0 aliphatic heterocycles. The number of nitrogens with one attached hydrogen (secondary N) is 3. The van der Waals surface area contributed by atoms with Crippen LogP contribution in [0.5, 0.6) is 0 Å². The average Bonchev–Trinajstić information content (AvgIpc) is 2.60. The Bertz CT molecular complexity index is 753. The molecule has 0 aromatic heterocycles. The molecule has 0 unspecified atom stereocenters. The summed E-state index contributed by atoms with van der Waals surface area (Å²) in [5.41, 5.74) is 6.57. The molecule has 0 spiro atoms. The Kier molecular flexibility index (Phi) is 5.85. The first-order chi connectivity index (χ1) is 11.5. The third kappa shape index (κ3) is 5.42. The molecule has 2 aromatic carbocycles. The summed E-state index contributed by atoms with van der Waals surface area (Å²) in [7, 11) is 0. The molecule has 122 valence electrons. The number of carbonyl (C=O) groups is 3. The van der Waals surface area contributed by atoms with E-state index in [1.165, 1.54) is 6.08 Å². The molecule has 3 amide bonds. The molecule has 24 heavy (non-hydrogen) atoms. The molecule has 2 rings (SSSR count). The van der Waals surface area contributed by atoms with Crippen LogP contribution in [-0.2, 0) is 14.4 Å². The zero-order valence-corrected chi connectivity index (χ0v) is 13.1. The molecule has 6 nitrogen and oxygen atoms in total. The number of anilines is 1.